The summed E-state index contributed by atoms with van der Waals surface area (Å²) in [4.78, 5) is 20.0. The van der Waals surface area contributed by atoms with E-state index < -0.39 is 0 Å². The van der Waals surface area contributed by atoms with Gasteiger partial charge in [0.2, 0.25) is 5.82 Å². The summed E-state index contributed by atoms with van der Waals surface area (Å²) in [6.45, 7) is 6.50. The van der Waals surface area contributed by atoms with Crippen LogP contribution < -0.4 is 10.2 Å². The number of hydrogen-bond donors (Lipinski definition) is 1. The lowest BCUT2D eigenvalue weighted by molar-refractivity contribution is -0.384. The highest BCUT2D eigenvalue weighted by atomic mass is 16.6. The van der Waals surface area contributed by atoms with Crippen molar-refractivity contribution in [1.82, 2.24) is 9.88 Å². The van der Waals surface area contributed by atoms with Crippen LogP contribution in [0.1, 0.15) is 19.8 Å². The third-order valence-corrected chi connectivity index (χ3v) is 4.30. The lowest BCUT2D eigenvalue weighted by atomic mass is 10.1. The Morgan fingerprint density at radius 3 is 3.05 bits per heavy atom. The number of piperazine rings is 1. The molecule has 3 rings (SSSR count). The summed E-state index contributed by atoms with van der Waals surface area (Å²) >= 11 is 0. The summed E-state index contributed by atoms with van der Waals surface area (Å²) in [7, 11) is 0. The van der Waals surface area contributed by atoms with Gasteiger partial charge < -0.3 is 10.2 Å². The van der Waals surface area contributed by atoms with Gasteiger partial charge in [-0.2, -0.15) is 0 Å². The number of fused-ring (bicyclic) bond motifs is 1. The quantitative estimate of drug-likeness (QED) is 0.672. The van der Waals surface area contributed by atoms with Crippen LogP contribution in [-0.2, 0) is 0 Å². The largest absolute Gasteiger partial charge is 0.370 e. The van der Waals surface area contributed by atoms with Gasteiger partial charge in [0.15, 0.2) is 0 Å². The van der Waals surface area contributed by atoms with E-state index in [0.717, 1.165) is 32.7 Å². The Morgan fingerprint density at radius 2 is 2.29 bits per heavy atom. The predicted molar refractivity (Wildman–Crippen MR) is 81.9 cm³/mol. The van der Waals surface area contributed by atoms with Gasteiger partial charge >= 0.3 is 5.69 Å². The monoisotopic (exact) mass is 291 g/mol. The molecule has 0 radical (unpaired) electrons. The first-order chi connectivity index (χ1) is 10.2. The zero-order chi connectivity index (χ0) is 14.8. The van der Waals surface area contributed by atoms with Crippen molar-refractivity contribution >= 4 is 17.3 Å². The lowest BCUT2D eigenvalue weighted by Crippen LogP contribution is -2.50. The Hall–Kier alpha value is -1.89. The van der Waals surface area contributed by atoms with Gasteiger partial charge in [0, 0.05) is 38.3 Å². The molecule has 0 aromatic carbocycles. The van der Waals surface area contributed by atoms with Crippen LogP contribution in [0.3, 0.4) is 0 Å². The van der Waals surface area contributed by atoms with Gasteiger partial charge in [-0.15, -0.1) is 0 Å². The third kappa shape index (κ3) is 2.78. The smallest absolute Gasteiger partial charge is 0.311 e. The second-order valence-electron chi connectivity index (χ2n) is 5.60. The number of pyridine rings is 1. The molecule has 0 amide bonds. The Kier molecular flexibility index (Phi) is 3.92. The molecule has 1 unspecified atom stereocenters. The predicted octanol–water partition coefficient (Wildman–Crippen LogP) is 1.71. The van der Waals surface area contributed by atoms with E-state index in [-0.39, 0.29) is 10.6 Å². The maximum Gasteiger partial charge on any atom is 0.311 e. The fourth-order valence-electron chi connectivity index (χ4n) is 3.28. The van der Waals surface area contributed by atoms with E-state index in [4.69, 9.17) is 0 Å². The minimum absolute atomic E-state index is 0.100. The van der Waals surface area contributed by atoms with Crippen LogP contribution in [0.25, 0.3) is 0 Å². The standard InChI is InChI=1S/C14H21N5O2/c1-2-15-13-6-5-12(19(20)21)14(16-13)18-9-8-17-7-3-4-11(17)10-18/h5-6,11H,2-4,7-10H2,1H3,(H,15,16). The molecule has 2 aliphatic rings. The summed E-state index contributed by atoms with van der Waals surface area (Å²) < 4.78 is 0. The van der Waals surface area contributed by atoms with Crippen LogP contribution in [0.5, 0.6) is 0 Å². The topological polar surface area (TPSA) is 74.5 Å². The van der Waals surface area contributed by atoms with E-state index in [2.05, 4.69) is 20.1 Å². The third-order valence-electron chi connectivity index (χ3n) is 4.30. The van der Waals surface area contributed by atoms with E-state index in [9.17, 15) is 10.1 Å². The molecule has 1 aromatic heterocycles. The average Bonchev–Trinajstić information content (AvgIpc) is 2.94. The van der Waals surface area contributed by atoms with E-state index in [0.29, 0.717) is 17.7 Å². The van der Waals surface area contributed by atoms with Crippen LogP contribution in [0.15, 0.2) is 12.1 Å². The molecule has 1 N–H and O–H groups in total. The second kappa shape index (κ2) is 5.85. The van der Waals surface area contributed by atoms with Crippen molar-refractivity contribution in [2.75, 3.05) is 42.9 Å². The summed E-state index contributed by atoms with van der Waals surface area (Å²) in [5.74, 6) is 1.21. The Morgan fingerprint density at radius 1 is 1.43 bits per heavy atom. The fourth-order valence-corrected chi connectivity index (χ4v) is 3.28. The molecule has 0 saturated carbocycles. The molecule has 2 saturated heterocycles. The number of hydrogen-bond acceptors (Lipinski definition) is 6. The van der Waals surface area contributed by atoms with Gasteiger partial charge in [0.05, 0.1) is 4.92 Å². The van der Waals surface area contributed by atoms with Crippen LogP contribution in [0, 0.1) is 10.1 Å². The highest BCUT2D eigenvalue weighted by Crippen LogP contribution is 2.31. The fraction of sp³-hybridized carbons (Fsp3) is 0.643. The van der Waals surface area contributed by atoms with Crippen LogP contribution in [-0.4, -0.2) is 53.6 Å². The minimum Gasteiger partial charge on any atom is -0.370 e. The molecule has 21 heavy (non-hydrogen) atoms. The molecule has 114 valence electrons. The van der Waals surface area contributed by atoms with Gasteiger partial charge in [0.25, 0.3) is 0 Å². The molecule has 7 nitrogen and oxygen atoms in total. The van der Waals surface area contributed by atoms with Crippen LogP contribution >= 0.6 is 0 Å². The number of aromatic nitrogens is 1. The Bertz CT molecular complexity index is 536. The molecule has 1 aromatic rings. The number of nitro groups is 1. The highest BCUT2D eigenvalue weighted by Gasteiger charge is 2.33. The molecule has 0 bridgehead atoms. The molecule has 2 fully saturated rings. The SMILES string of the molecule is CCNc1ccc([N+](=O)[O-])c(N2CCN3CCCC3C2)n1. The molecule has 0 spiro atoms. The van der Waals surface area contributed by atoms with Gasteiger partial charge in [-0.3, -0.25) is 15.0 Å². The van der Waals surface area contributed by atoms with E-state index >= 15 is 0 Å². The second-order valence-corrected chi connectivity index (χ2v) is 5.60. The molecular formula is C14H21N5O2. The van der Waals surface area contributed by atoms with Crippen LogP contribution in [0.2, 0.25) is 0 Å². The van der Waals surface area contributed by atoms with Crippen molar-refractivity contribution in [2.24, 2.45) is 0 Å². The van der Waals surface area contributed by atoms with Crippen molar-refractivity contribution in [3.8, 4) is 0 Å². The zero-order valence-electron chi connectivity index (χ0n) is 12.3. The molecule has 3 heterocycles. The molecule has 0 aliphatic carbocycles. The van der Waals surface area contributed by atoms with Gasteiger partial charge in [-0.25, -0.2) is 4.98 Å². The number of nitrogens with zero attached hydrogens (tertiary/aromatic N) is 4. The number of rotatable bonds is 4. The molecule has 2 aliphatic heterocycles. The summed E-state index contributed by atoms with van der Waals surface area (Å²) in [6.07, 6.45) is 2.41. The lowest BCUT2D eigenvalue weighted by Gasteiger charge is -2.37. The van der Waals surface area contributed by atoms with Crippen LogP contribution in [0.4, 0.5) is 17.3 Å². The van der Waals surface area contributed by atoms with E-state index in [1.165, 1.54) is 12.8 Å². The molecule has 7 heteroatoms. The molecule has 1 atom stereocenters. The Labute approximate surface area is 124 Å². The summed E-state index contributed by atoms with van der Waals surface area (Å²) in [5.41, 5.74) is 0.100. The maximum absolute atomic E-state index is 11.3. The maximum atomic E-state index is 11.3. The van der Waals surface area contributed by atoms with Crippen molar-refractivity contribution < 1.29 is 4.92 Å². The Balaban J connectivity index is 1.88. The van der Waals surface area contributed by atoms with E-state index in [1.54, 1.807) is 12.1 Å². The highest BCUT2D eigenvalue weighted by molar-refractivity contribution is 5.62. The van der Waals surface area contributed by atoms with Crippen molar-refractivity contribution in [2.45, 2.75) is 25.8 Å². The van der Waals surface area contributed by atoms with Gasteiger partial charge in [-0.1, -0.05) is 0 Å². The first-order valence-corrected chi connectivity index (χ1v) is 7.57. The van der Waals surface area contributed by atoms with Crippen molar-refractivity contribution in [1.29, 1.82) is 0 Å². The average molecular weight is 291 g/mol. The van der Waals surface area contributed by atoms with Crippen molar-refractivity contribution in [3.63, 3.8) is 0 Å². The number of nitrogens with one attached hydrogen (secondary N) is 1. The summed E-state index contributed by atoms with van der Waals surface area (Å²) in [6, 6.07) is 3.75. The van der Waals surface area contributed by atoms with E-state index in [1.807, 2.05) is 6.92 Å². The minimum atomic E-state index is -0.334. The number of anilines is 2. The summed E-state index contributed by atoms with van der Waals surface area (Å²) in [5, 5.41) is 14.4. The van der Waals surface area contributed by atoms with Gasteiger partial charge in [-0.05, 0) is 32.4 Å². The van der Waals surface area contributed by atoms with Crippen molar-refractivity contribution in [3.05, 3.63) is 22.2 Å². The van der Waals surface area contributed by atoms with Gasteiger partial charge in [0.1, 0.15) is 5.82 Å². The zero-order valence-corrected chi connectivity index (χ0v) is 12.3. The first-order valence-electron chi connectivity index (χ1n) is 7.57. The first kappa shape index (κ1) is 14.1. The normalized spacial score (nSPS) is 22.1. The molecular weight excluding hydrogens is 270 g/mol.